The maximum atomic E-state index is 14.4. The largest absolute Gasteiger partial charge is 0.488 e. The fourth-order valence-corrected chi connectivity index (χ4v) is 3.63. The van der Waals surface area contributed by atoms with E-state index in [-0.39, 0.29) is 17.4 Å². The number of hydrogen-bond donors (Lipinski definition) is 1. The van der Waals surface area contributed by atoms with Crippen LogP contribution in [-0.2, 0) is 9.53 Å². The molecule has 1 heterocycles. The van der Waals surface area contributed by atoms with E-state index < -0.39 is 18.1 Å². The molecule has 0 bridgehead atoms. The van der Waals surface area contributed by atoms with Gasteiger partial charge in [-0.1, -0.05) is 29.3 Å². The molecular weight excluding hydrogens is 458 g/mol. The summed E-state index contributed by atoms with van der Waals surface area (Å²) in [4.78, 5) is 10.9. The summed E-state index contributed by atoms with van der Waals surface area (Å²) in [5.41, 5.74) is 1.54. The van der Waals surface area contributed by atoms with Crippen molar-refractivity contribution in [1.82, 2.24) is 0 Å². The average Bonchev–Trinajstić information content (AvgIpc) is 3.20. The summed E-state index contributed by atoms with van der Waals surface area (Å²) < 4.78 is 31.6. The van der Waals surface area contributed by atoms with Gasteiger partial charge in [-0.25, -0.2) is 9.18 Å². The molecule has 1 fully saturated rings. The van der Waals surface area contributed by atoms with E-state index in [0.29, 0.717) is 34.4 Å². The van der Waals surface area contributed by atoms with Crippen LogP contribution < -0.4 is 9.47 Å². The number of benzene rings is 2. The van der Waals surface area contributed by atoms with E-state index in [1.165, 1.54) is 25.1 Å². The third-order valence-corrected chi connectivity index (χ3v) is 5.49. The highest BCUT2D eigenvalue weighted by Crippen LogP contribution is 2.30. The monoisotopic (exact) mass is 480 g/mol. The summed E-state index contributed by atoms with van der Waals surface area (Å²) in [6.07, 6.45) is 3.91. The zero-order chi connectivity index (χ0) is 23.3. The van der Waals surface area contributed by atoms with E-state index >= 15 is 0 Å². The molecule has 2 atom stereocenters. The van der Waals surface area contributed by atoms with Gasteiger partial charge in [0.1, 0.15) is 12.4 Å². The van der Waals surface area contributed by atoms with E-state index in [0.717, 1.165) is 12.0 Å². The molecule has 8 heteroatoms. The number of carbonyl (C=O) groups is 1. The van der Waals surface area contributed by atoms with Crippen LogP contribution in [0, 0.1) is 5.82 Å². The Bertz CT molecular complexity index is 1050. The molecular formula is C24H23Cl2FO5. The molecule has 170 valence electrons. The Balaban J connectivity index is 1.54. The van der Waals surface area contributed by atoms with Gasteiger partial charge in [0.25, 0.3) is 0 Å². The first kappa shape index (κ1) is 24.1. The Kier molecular flexibility index (Phi) is 8.18. The van der Waals surface area contributed by atoms with Gasteiger partial charge in [-0.05, 0) is 73.9 Å². The van der Waals surface area contributed by atoms with Gasteiger partial charge in [-0.2, -0.15) is 0 Å². The smallest absolute Gasteiger partial charge is 0.331 e. The standard InChI is InChI=1S/C24H23Cl2FO5/c1-14(9-10-30-21-6-4-17(25)13-18(21)26)20-7-8-23(31-20)32-22-5-3-16(12-19(22)27)11-15(2)24(28)29/h3-6,9,11-13,20,23H,7-8,10H2,1-2H3,(H,28,29)/b14-9+,15-11+/t20-,23?/m0/s1. The van der Waals surface area contributed by atoms with Crippen LogP contribution in [0.3, 0.4) is 0 Å². The van der Waals surface area contributed by atoms with E-state index in [1.807, 2.05) is 13.0 Å². The average molecular weight is 481 g/mol. The summed E-state index contributed by atoms with van der Waals surface area (Å²) in [6, 6.07) is 9.34. The normalized spacial score (nSPS) is 19.2. The molecule has 0 saturated carbocycles. The van der Waals surface area contributed by atoms with Crippen molar-refractivity contribution in [2.45, 2.75) is 39.1 Å². The first-order chi connectivity index (χ1) is 15.2. The highest BCUT2D eigenvalue weighted by atomic mass is 35.5. The van der Waals surface area contributed by atoms with Crippen LogP contribution in [0.1, 0.15) is 32.3 Å². The number of ether oxygens (including phenoxy) is 3. The van der Waals surface area contributed by atoms with Crippen molar-refractivity contribution in [2.75, 3.05) is 6.61 Å². The van der Waals surface area contributed by atoms with Crippen LogP contribution >= 0.6 is 23.2 Å². The topological polar surface area (TPSA) is 65.0 Å². The SMILES string of the molecule is C/C(=C\c1ccc(OC2CC[C@@H](/C(C)=C/COc3ccc(Cl)cc3Cl)O2)c(F)c1)C(=O)O. The number of carboxylic acid groups (broad SMARTS) is 1. The zero-order valence-electron chi connectivity index (χ0n) is 17.6. The highest BCUT2D eigenvalue weighted by Gasteiger charge is 2.28. The van der Waals surface area contributed by atoms with Crippen molar-refractivity contribution in [3.63, 3.8) is 0 Å². The molecule has 0 aromatic heterocycles. The molecule has 1 saturated heterocycles. The molecule has 0 radical (unpaired) electrons. The Morgan fingerprint density at radius 1 is 1.19 bits per heavy atom. The molecule has 0 amide bonds. The van der Waals surface area contributed by atoms with Gasteiger partial charge in [-0.3, -0.25) is 0 Å². The third kappa shape index (κ3) is 6.48. The van der Waals surface area contributed by atoms with Crippen molar-refractivity contribution in [1.29, 1.82) is 0 Å². The zero-order valence-corrected chi connectivity index (χ0v) is 19.1. The summed E-state index contributed by atoms with van der Waals surface area (Å²) in [7, 11) is 0. The Labute approximate surface area is 196 Å². The van der Waals surface area contributed by atoms with E-state index in [1.54, 1.807) is 24.3 Å². The van der Waals surface area contributed by atoms with Crippen molar-refractivity contribution in [2.24, 2.45) is 0 Å². The minimum Gasteiger partial charge on any atom is -0.488 e. The Morgan fingerprint density at radius 3 is 2.62 bits per heavy atom. The number of carboxylic acids is 1. The van der Waals surface area contributed by atoms with Crippen LogP contribution in [0.2, 0.25) is 10.0 Å². The van der Waals surface area contributed by atoms with Gasteiger partial charge in [0, 0.05) is 17.0 Å². The third-order valence-electron chi connectivity index (χ3n) is 4.96. The number of rotatable bonds is 8. The molecule has 0 spiro atoms. The van der Waals surface area contributed by atoms with Gasteiger partial charge < -0.3 is 19.3 Å². The van der Waals surface area contributed by atoms with Gasteiger partial charge in [0.05, 0.1) is 11.1 Å². The second-order valence-corrected chi connectivity index (χ2v) is 8.25. The second kappa shape index (κ2) is 10.9. The summed E-state index contributed by atoms with van der Waals surface area (Å²) in [5, 5.41) is 9.91. The fraction of sp³-hybridized carbons (Fsp3) is 0.292. The first-order valence-corrected chi connectivity index (χ1v) is 10.8. The molecule has 1 aliphatic heterocycles. The molecule has 1 aliphatic rings. The molecule has 2 aromatic rings. The van der Waals surface area contributed by atoms with Gasteiger partial charge in [0.2, 0.25) is 6.29 Å². The quantitative estimate of drug-likeness (QED) is 0.343. The van der Waals surface area contributed by atoms with Gasteiger partial charge in [-0.15, -0.1) is 0 Å². The lowest BCUT2D eigenvalue weighted by molar-refractivity contribution is -0.132. The Hall–Kier alpha value is -2.54. The van der Waals surface area contributed by atoms with E-state index in [2.05, 4.69) is 0 Å². The lowest BCUT2D eigenvalue weighted by Gasteiger charge is -2.17. The summed E-state index contributed by atoms with van der Waals surface area (Å²) in [5.74, 6) is -1.03. The highest BCUT2D eigenvalue weighted by molar-refractivity contribution is 6.35. The van der Waals surface area contributed by atoms with Crippen LogP contribution in [0.15, 0.2) is 53.6 Å². The van der Waals surface area contributed by atoms with Gasteiger partial charge in [0.15, 0.2) is 11.6 Å². The van der Waals surface area contributed by atoms with Crippen molar-refractivity contribution >= 4 is 35.2 Å². The maximum absolute atomic E-state index is 14.4. The fourth-order valence-electron chi connectivity index (χ4n) is 3.17. The van der Waals surface area contributed by atoms with Crippen LogP contribution in [0.4, 0.5) is 4.39 Å². The number of hydrogen-bond acceptors (Lipinski definition) is 4. The summed E-state index contributed by atoms with van der Waals surface area (Å²) >= 11 is 12.0. The summed E-state index contributed by atoms with van der Waals surface area (Å²) in [6.45, 7) is 3.70. The van der Waals surface area contributed by atoms with Crippen molar-refractivity contribution < 1.29 is 28.5 Å². The maximum Gasteiger partial charge on any atom is 0.331 e. The minimum absolute atomic E-state index is 0.0584. The molecule has 1 N–H and O–H groups in total. The van der Waals surface area contributed by atoms with Crippen LogP contribution in [-0.4, -0.2) is 30.1 Å². The molecule has 1 unspecified atom stereocenters. The van der Waals surface area contributed by atoms with Crippen LogP contribution in [0.5, 0.6) is 11.5 Å². The minimum atomic E-state index is -1.05. The van der Waals surface area contributed by atoms with Crippen molar-refractivity contribution in [3.05, 3.63) is 75.0 Å². The van der Waals surface area contributed by atoms with Crippen LogP contribution in [0.25, 0.3) is 6.08 Å². The lowest BCUT2D eigenvalue weighted by atomic mass is 10.1. The van der Waals surface area contributed by atoms with E-state index in [4.69, 9.17) is 42.5 Å². The molecule has 32 heavy (non-hydrogen) atoms. The van der Waals surface area contributed by atoms with Gasteiger partial charge >= 0.3 is 5.97 Å². The molecule has 2 aromatic carbocycles. The predicted molar refractivity (Wildman–Crippen MR) is 122 cm³/mol. The molecule has 5 nitrogen and oxygen atoms in total. The second-order valence-electron chi connectivity index (χ2n) is 7.41. The first-order valence-electron chi connectivity index (χ1n) is 10.0. The molecule has 3 rings (SSSR count). The van der Waals surface area contributed by atoms with Crippen molar-refractivity contribution in [3.8, 4) is 11.5 Å². The molecule has 0 aliphatic carbocycles. The van der Waals surface area contributed by atoms with E-state index in [9.17, 15) is 9.18 Å². The number of halogens is 3. The lowest BCUT2D eigenvalue weighted by Crippen LogP contribution is -2.18. The predicted octanol–water partition coefficient (Wildman–Crippen LogP) is 6.53. The number of aliphatic carboxylic acids is 1. The Morgan fingerprint density at radius 2 is 1.94 bits per heavy atom.